The number of fused-ring (bicyclic) bond motifs is 1. The van der Waals surface area contributed by atoms with Crippen LogP contribution in [0.25, 0.3) is 10.9 Å². The van der Waals surface area contributed by atoms with Crippen LogP contribution < -0.4 is 5.32 Å². The molecule has 0 unspecified atom stereocenters. The van der Waals surface area contributed by atoms with Gasteiger partial charge in [-0.2, -0.15) is 5.10 Å². The molecule has 0 saturated heterocycles. The first kappa shape index (κ1) is 16.7. The number of hydrogen-bond donors (Lipinski definition) is 2. The van der Waals surface area contributed by atoms with E-state index < -0.39 is 5.97 Å². The molecule has 0 saturated carbocycles. The number of ether oxygens (including phenoxy) is 1. The largest absolute Gasteiger partial charge is 0.451 e. The molecule has 2 N–H and O–H groups in total. The van der Waals surface area contributed by atoms with Gasteiger partial charge in [0.25, 0.3) is 5.91 Å². The molecule has 0 bridgehead atoms. The summed E-state index contributed by atoms with van der Waals surface area (Å²) in [6, 6.07) is 13.1. The lowest BCUT2D eigenvalue weighted by molar-refractivity contribution is -0.119. The van der Waals surface area contributed by atoms with Crippen LogP contribution in [0.5, 0.6) is 0 Å². The highest BCUT2D eigenvalue weighted by Gasteiger charge is 2.17. The van der Waals surface area contributed by atoms with Crippen LogP contribution in [0.15, 0.2) is 42.5 Å². The van der Waals surface area contributed by atoms with E-state index in [9.17, 15) is 9.59 Å². The lowest BCUT2D eigenvalue weighted by atomic mass is 10.1. The number of esters is 1. The predicted octanol–water partition coefficient (Wildman–Crippen LogP) is 3.23. The van der Waals surface area contributed by atoms with Crippen LogP contribution in [0.4, 0.5) is 5.69 Å². The number of rotatable bonds is 5. The van der Waals surface area contributed by atoms with Gasteiger partial charge in [-0.05, 0) is 30.5 Å². The summed E-state index contributed by atoms with van der Waals surface area (Å²) >= 11 is 0. The molecule has 25 heavy (non-hydrogen) atoms. The van der Waals surface area contributed by atoms with Gasteiger partial charge in [0.1, 0.15) is 0 Å². The lowest BCUT2D eigenvalue weighted by Crippen LogP contribution is -2.22. The molecule has 1 aromatic heterocycles. The van der Waals surface area contributed by atoms with Gasteiger partial charge in [-0.25, -0.2) is 4.79 Å². The minimum absolute atomic E-state index is 0.175. The summed E-state index contributed by atoms with van der Waals surface area (Å²) in [6.07, 6.45) is 0.802. The number of aromatic nitrogens is 2. The van der Waals surface area contributed by atoms with Crippen LogP contribution in [0.1, 0.15) is 28.5 Å². The molecule has 0 aliphatic heterocycles. The van der Waals surface area contributed by atoms with Crippen molar-refractivity contribution in [1.29, 1.82) is 0 Å². The molecule has 1 heterocycles. The number of aromatic amines is 1. The molecule has 3 rings (SSSR count). The van der Waals surface area contributed by atoms with Crippen molar-refractivity contribution in [3.05, 3.63) is 59.3 Å². The molecule has 128 valence electrons. The summed E-state index contributed by atoms with van der Waals surface area (Å²) in [4.78, 5) is 24.3. The number of nitrogens with zero attached hydrogens (tertiary/aromatic N) is 1. The van der Waals surface area contributed by atoms with Crippen molar-refractivity contribution in [3.63, 3.8) is 0 Å². The third-order valence-electron chi connectivity index (χ3n) is 4.00. The molecule has 1 amide bonds. The Morgan fingerprint density at radius 2 is 1.96 bits per heavy atom. The lowest BCUT2D eigenvalue weighted by Gasteiger charge is -2.12. The van der Waals surface area contributed by atoms with E-state index in [1.807, 2.05) is 50.2 Å². The van der Waals surface area contributed by atoms with E-state index in [0.717, 1.165) is 28.8 Å². The van der Waals surface area contributed by atoms with Crippen LogP contribution in [-0.4, -0.2) is 28.7 Å². The maximum atomic E-state index is 12.2. The molecule has 0 aliphatic carbocycles. The zero-order valence-corrected chi connectivity index (χ0v) is 14.1. The minimum Gasteiger partial charge on any atom is -0.451 e. The van der Waals surface area contributed by atoms with Crippen molar-refractivity contribution in [2.75, 3.05) is 11.9 Å². The third-order valence-corrected chi connectivity index (χ3v) is 4.00. The predicted molar refractivity (Wildman–Crippen MR) is 95.6 cm³/mol. The number of H-pyrrole nitrogens is 1. The van der Waals surface area contributed by atoms with E-state index in [1.54, 1.807) is 6.07 Å². The molecule has 0 atom stereocenters. The van der Waals surface area contributed by atoms with E-state index >= 15 is 0 Å². The maximum Gasteiger partial charge on any atom is 0.359 e. The average Bonchev–Trinajstić information content (AvgIpc) is 3.05. The van der Waals surface area contributed by atoms with Crippen LogP contribution in [0, 0.1) is 6.92 Å². The van der Waals surface area contributed by atoms with E-state index in [1.165, 1.54) is 0 Å². The van der Waals surface area contributed by atoms with Gasteiger partial charge < -0.3 is 10.1 Å². The van der Waals surface area contributed by atoms with Gasteiger partial charge in [0, 0.05) is 11.1 Å². The molecule has 6 nitrogen and oxygen atoms in total. The van der Waals surface area contributed by atoms with Crippen LogP contribution in [-0.2, 0) is 16.0 Å². The van der Waals surface area contributed by atoms with Gasteiger partial charge >= 0.3 is 5.97 Å². The monoisotopic (exact) mass is 337 g/mol. The van der Waals surface area contributed by atoms with Gasteiger partial charge in [0.05, 0.1) is 5.52 Å². The number of para-hydroxylation sites is 2. The normalized spacial score (nSPS) is 10.6. The highest BCUT2D eigenvalue weighted by molar-refractivity contribution is 6.03. The fraction of sp³-hybridized carbons (Fsp3) is 0.211. The highest BCUT2D eigenvalue weighted by Crippen LogP contribution is 2.21. The molecular formula is C19H19N3O3. The fourth-order valence-electron chi connectivity index (χ4n) is 2.70. The smallest absolute Gasteiger partial charge is 0.359 e. The second-order valence-corrected chi connectivity index (χ2v) is 5.70. The van der Waals surface area contributed by atoms with Gasteiger partial charge in [-0.15, -0.1) is 0 Å². The number of hydrogen-bond acceptors (Lipinski definition) is 4. The van der Waals surface area contributed by atoms with Gasteiger partial charge in [0.15, 0.2) is 12.3 Å². The Kier molecular flexibility index (Phi) is 4.79. The maximum absolute atomic E-state index is 12.2. The standard InChI is InChI=1S/C19H19N3O3/c1-3-13-8-6-7-12(2)17(13)20-16(23)11-25-19(24)18-14-9-4-5-10-15(14)21-22-18/h4-10H,3,11H2,1-2H3,(H,20,23)(H,21,22). The molecule has 0 fully saturated rings. The number of aryl methyl sites for hydroxylation is 2. The number of benzene rings is 2. The van der Waals surface area contributed by atoms with Crippen molar-refractivity contribution < 1.29 is 14.3 Å². The summed E-state index contributed by atoms with van der Waals surface area (Å²) < 4.78 is 5.11. The van der Waals surface area contributed by atoms with Crippen molar-refractivity contribution >= 4 is 28.5 Å². The van der Waals surface area contributed by atoms with E-state index in [4.69, 9.17) is 4.74 Å². The minimum atomic E-state index is -0.631. The van der Waals surface area contributed by atoms with Crippen LogP contribution >= 0.6 is 0 Å². The Bertz CT molecular complexity index is 931. The first-order chi connectivity index (χ1) is 12.1. The number of carbonyl (C=O) groups is 2. The van der Waals surface area contributed by atoms with Gasteiger partial charge in [0.2, 0.25) is 0 Å². The first-order valence-electron chi connectivity index (χ1n) is 8.08. The summed E-state index contributed by atoms with van der Waals surface area (Å²) in [5.41, 5.74) is 3.70. The SMILES string of the molecule is CCc1cccc(C)c1NC(=O)COC(=O)c1n[nH]c2ccccc12. The molecule has 3 aromatic rings. The third kappa shape index (κ3) is 3.52. The fourth-order valence-corrected chi connectivity index (χ4v) is 2.70. The van der Waals surface area contributed by atoms with Crippen molar-refractivity contribution in [3.8, 4) is 0 Å². The van der Waals surface area contributed by atoms with Gasteiger partial charge in [-0.3, -0.25) is 9.89 Å². The Labute approximate surface area is 145 Å². The zero-order valence-electron chi connectivity index (χ0n) is 14.1. The Hall–Kier alpha value is -3.15. The van der Waals surface area contributed by atoms with Crippen molar-refractivity contribution in [2.45, 2.75) is 20.3 Å². The molecule has 6 heteroatoms. The summed E-state index contributed by atoms with van der Waals surface area (Å²) in [5.74, 6) is -1.01. The van der Waals surface area contributed by atoms with Crippen molar-refractivity contribution in [2.24, 2.45) is 0 Å². The Morgan fingerprint density at radius 3 is 2.76 bits per heavy atom. The Balaban J connectivity index is 1.66. The summed E-state index contributed by atoms with van der Waals surface area (Å²) in [6.45, 7) is 3.58. The number of amides is 1. The van der Waals surface area contributed by atoms with E-state index in [2.05, 4.69) is 15.5 Å². The highest BCUT2D eigenvalue weighted by atomic mass is 16.5. The topological polar surface area (TPSA) is 84.1 Å². The number of nitrogens with one attached hydrogen (secondary N) is 2. The van der Waals surface area contributed by atoms with Gasteiger partial charge in [-0.1, -0.05) is 43.3 Å². The first-order valence-corrected chi connectivity index (χ1v) is 8.08. The second-order valence-electron chi connectivity index (χ2n) is 5.70. The van der Waals surface area contributed by atoms with Crippen molar-refractivity contribution in [1.82, 2.24) is 10.2 Å². The summed E-state index contributed by atoms with van der Waals surface area (Å²) in [5, 5.41) is 10.2. The quantitative estimate of drug-likeness (QED) is 0.700. The van der Waals surface area contributed by atoms with Crippen LogP contribution in [0.3, 0.4) is 0 Å². The van der Waals surface area contributed by atoms with Crippen LogP contribution in [0.2, 0.25) is 0 Å². The molecule has 0 spiro atoms. The molecule has 0 radical (unpaired) electrons. The van der Waals surface area contributed by atoms with E-state index in [0.29, 0.717) is 5.39 Å². The molecular weight excluding hydrogens is 318 g/mol. The average molecular weight is 337 g/mol. The number of anilines is 1. The summed E-state index contributed by atoms with van der Waals surface area (Å²) in [7, 11) is 0. The Morgan fingerprint density at radius 1 is 1.16 bits per heavy atom. The second kappa shape index (κ2) is 7.17. The number of carbonyl (C=O) groups excluding carboxylic acids is 2. The zero-order chi connectivity index (χ0) is 17.8. The molecule has 2 aromatic carbocycles. The van der Waals surface area contributed by atoms with E-state index in [-0.39, 0.29) is 18.2 Å². The molecule has 0 aliphatic rings.